The molecule has 2 heterocycles. The van der Waals surface area contributed by atoms with Gasteiger partial charge in [0.05, 0.1) is 0 Å². The maximum Gasteiger partial charge on any atom is 0.164 e. The van der Waals surface area contributed by atoms with Gasteiger partial charge in [0.25, 0.3) is 0 Å². The van der Waals surface area contributed by atoms with Crippen molar-refractivity contribution in [2.45, 2.75) is 13.1 Å². The molecule has 4 heteroatoms. The van der Waals surface area contributed by atoms with Crippen LogP contribution in [0.1, 0.15) is 0 Å². The molecule has 0 N–H and O–H groups in total. The van der Waals surface area contributed by atoms with Gasteiger partial charge in [0, 0.05) is 16.7 Å². The summed E-state index contributed by atoms with van der Waals surface area (Å²) in [5, 5.41) is 7.97. The van der Waals surface area contributed by atoms with Crippen LogP contribution in [-0.2, 0) is 0 Å². The molecule has 0 radical (unpaired) electrons. The lowest BCUT2D eigenvalue weighted by Gasteiger charge is -2.19. The lowest BCUT2D eigenvalue weighted by Crippen LogP contribution is -2.49. The number of rotatable bonds is 5. The van der Waals surface area contributed by atoms with Crippen LogP contribution in [0.2, 0.25) is 13.1 Å². The van der Waals surface area contributed by atoms with Crippen LogP contribution in [-0.4, -0.2) is 23.0 Å². The minimum Gasteiger partial charge on any atom is -0.208 e. The summed E-state index contributed by atoms with van der Waals surface area (Å²) in [6.45, 7) is 4.93. The first-order valence-corrected chi connectivity index (χ1v) is 21.2. The second-order valence-electron chi connectivity index (χ2n) is 14.5. The second-order valence-corrected chi connectivity index (χ2v) is 18.8. The van der Waals surface area contributed by atoms with Gasteiger partial charge in [-0.15, -0.1) is 0 Å². The van der Waals surface area contributed by atoms with Crippen molar-refractivity contribution in [3.63, 3.8) is 0 Å². The van der Waals surface area contributed by atoms with Gasteiger partial charge < -0.3 is 0 Å². The highest BCUT2D eigenvalue weighted by atomic mass is 28.3. The highest BCUT2D eigenvalue weighted by Gasteiger charge is 2.38. The predicted octanol–water partition coefficient (Wildman–Crippen LogP) is 11.3. The van der Waals surface area contributed by atoms with E-state index in [0.717, 1.165) is 33.4 Å². The Morgan fingerprint density at radius 3 is 1.62 bits per heavy atom. The van der Waals surface area contributed by atoms with E-state index in [1.807, 2.05) is 6.07 Å². The van der Waals surface area contributed by atoms with Crippen LogP contribution < -0.4 is 10.4 Å². The quantitative estimate of drug-likeness (QED) is 0.168. The van der Waals surface area contributed by atoms with Crippen molar-refractivity contribution in [1.82, 2.24) is 15.0 Å². The SMILES string of the molecule is C[Si]1(C)c2cc(-c3nc(-c4ccc(-c5cccc6ccccc56)cc4)nc(-c4cccc(-c5ccccc5)c4)n3)ccc2-c2cc3ccccc3cc21. The Kier molecular flexibility index (Phi) is 7.27. The first-order chi connectivity index (χ1) is 26.0. The van der Waals surface area contributed by atoms with Crippen LogP contribution in [0.3, 0.4) is 0 Å². The van der Waals surface area contributed by atoms with Crippen LogP contribution in [0, 0.1) is 0 Å². The zero-order valence-corrected chi connectivity index (χ0v) is 30.6. The molecule has 0 saturated carbocycles. The molecule has 0 aliphatic carbocycles. The molecule has 0 unspecified atom stereocenters. The maximum atomic E-state index is 5.19. The van der Waals surface area contributed by atoms with Crippen LogP contribution >= 0.6 is 0 Å². The standard InChI is InChI=1S/C49H35N3Si/c1-53(2)45-31-40(26-27-43(45)44-29-37-15-6-7-16-38(37)30-46(44)53)49-51-47(50-48(52-49)39-19-10-18-36(28-39)32-12-4-3-5-13-32)35-24-22-34(23-25-35)42-21-11-17-33-14-8-9-20-41(33)42/h3-31H,1-2H3. The molecule has 0 fully saturated rings. The summed E-state index contributed by atoms with van der Waals surface area (Å²) >= 11 is 0. The van der Waals surface area contributed by atoms with Gasteiger partial charge in [-0.3, -0.25) is 0 Å². The number of aromatic nitrogens is 3. The van der Waals surface area contributed by atoms with Gasteiger partial charge in [-0.05, 0) is 77.4 Å². The average molecular weight is 694 g/mol. The topological polar surface area (TPSA) is 38.7 Å². The van der Waals surface area contributed by atoms with E-state index in [1.54, 1.807) is 0 Å². The molecule has 250 valence electrons. The van der Waals surface area contributed by atoms with E-state index in [1.165, 1.54) is 48.6 Å². The molecular weight excluding hydrogens is 659 g/mol. The lowest BCUT2D eigenvalue weighted by molar-refractivity contribution is 1.07. The average Bonchev–Trinajstić information content (AvgIpc) is 3.44. The molecule has 0 amide bonds. The van der Waals surface area contributed by atoms with Crippen LogP contribution in [0.15, 0.2) is 176 Å². The number of hydrogen-bond acceptors (Lipinski definition) is 3. The molecule has 0 bridgehead atoms. The molecule has 3 nitrogen and oxygen atoms in total. The molecule has 8 aromatic carbocycles. The Bertz CT molecular complexity index is 2850. The monoisotopic (exact) mass is 693 g/mol. The zero-order chi connectivity index (χ0) is 35.5. The molecule has 9 aromatic rings. The van der Waals surface area contributed by atoms with E-state index >= 15 is 0 Å². The molecule has 10 rings (SSSR count). The maximum absolute atomic E-state index is 5.19. The fourth-order valence-electron chi connectivity index (χ4n) is 8.07. The summed E-state index contributed by atoms with van der Waals surface area (Å²) in [5.41, 5.74) is 10.3. The summed E-state index contributed by atoms with van der Waals surface area (Å²) in [6.07, 6.45) is 0. The molecule has 1 aliphatic heterocycles. The fourth-order valence-corrected chi connectivity index (χ4v) is 11.2. The Labute approximate surface area is 310 Å². The minimum atomic E-state index is -1.99. The third kappa shape index (κ3) is 5.38. The summed E-state index contributed by atoms with van der Waals surface area (Å²) in [5.74, 6) is 2.00. The van der Waals surface area contributed by atoms with E-state index in [0.29, 0.717) is 17.5 Å². The van der Waals surface area contributed by atoms with Crippen molar-refractivity contribution in [2.75, 3.05) is 0 Å². The third-order valence-electron chi connectivity index (χ3n) is 10.9. The fraction of sp³-hybridized carbons (Fsp3) is 0.0408. The molecule has 0 spiro atoms. The van der Waals surface area contributed by atoms with Gasteiger partial charge in [0.2, 0.25) is 0 Å². The Morgan fingerprint density at radius 1 is 0.321 bits per heavy atom. The molecule has 53 heavy (non-hydrogen) atoms. The number of fused-ring (bicyclic) bond motifs is 5. The van der Waals surface area contributed by atoms with Gasteiger partial charge in [0.15, 0.2) is 17.5 Å². The summed E-state index contributed by atoms with van der Waals surface area (Å²) < 4.78 is 0. The summed E-state index contributed by atoms with van der Waals surface area (Å²) in [4.78, 5) is 15.5. The summed E-state index contributed by atoms with van der Waals surface area (Å²) in [6, 6.07) is 63.0. The van der Waals surface area contributed by atoms with Crippen molar-refractivity contribution in [3.05, 3.63) is 176 Å². The van der Waals surface area contributed by atoms with Crippen molar-refractivity contribution in [3.8, 4) is 67.5 Å². The smallest absolute Gasteiger partial charge is 0.164 e. The molecule has 1 aliphatic rings. The highest BCUT2D eigenvalue weighted by Crippen LogP contribution is 2.35. The first-order valence-electron chi connectivity index (χ1n) is 18.2. The van der Waals surface area contributed by atoms with E-state index in [-0.39, 0.29) is 0 Å². The van der Waals surface area contributed by atoms with Crippen molar-refractivity contribution < 1.29 is 0 Å². The summed E-state index contributed by atoms with van der Waals surface area (Å²) in [7, 11) is -1.99. The number of benzene rings is 8. The normalized spacial score (nSPS) is 12.9. The Hall–Kier alpha value is -6.49. The van der Waals surface area contributed by atoms with Crippen LogP contribution in [0.4, 0.5) is 0 Å². The van der Waals surface area contributed by atoms with E-state index in [2.05, 4.69) is 183 Å². The predicted molar refractivity (Wildman–Crippen MR) is 224 cm³/mol. The van der Waals surface area contributed by atoms with Crippen molar-refractivity contribution in [2.24, 2.45) is 0 Å². The third-order valence-corrected chi connectivity index (χ3v) is 14.4. The Morgan fingerprint density at radius 2 is 0.849 bits per heavy atom. The minimum absolute atomic E-state index is 0.658. The number of nitrogens with zero attached hydrogens (tertiary/aromatic N) is 3. The molecular formula is C49H35N3Si. The zero-order valence-electron chi connectivity index (χ0n) is 29.6. The van der Waals surface area contributed by atoms with Crippen molar-refractivity contribution in [1.29, 1.82) is 0 Å². The van der Waals surface area contributed by atoms with Gasteiger partial charge in [-0.1, -0.05) is 177 Å². The largest absolute Gasteiger partial charge is 0.208 e. The second kappa shape index (κ2) is 12.3. The Balaban J connectivity index is 1.11. The van der Waals surface area contributed by atoms with Gasteiger partial charge in [-0.2, -0.15) is 0 Å². The van der Waals surface area contributed by atoms with E-state index < -0.39 is 8.07 Å². The van der Waals surface area contributed by atoms with E-state index in [9.17, 15) is 0 Å². The molecule has 0 saturated heterocycles. The number of hydrogen-bond donors (Lipinski definition) is 0. The molecule has 0 atom stereocenters. The van der Waals surface area contributed by atoms with Crippen LogP contribution in [0.25, 0.3) is 89.1 Å². The molecule has 1 aromatic heterocycles. The lowest BCUT2D eigenvalue weighted by atomic mass is 9.97. The first kappa shape index (κ1) is 31.3. The van der Waals surface area contributed by atoms with Crippen LogP contribution in [0.5, 0.6) is 0 Å². The van der Waals surface area contributed by atoms with Gasteiger partial charge in [0.1, 0.15) is 8.07 Å². The highest BCUT2D eigenvalue weighted by molar-refractivity contribution is 7.04. The van der Waals surface area contributed by atoms with E-state index in [4.69, 9.17) is 15.0 Å². The van der Waals surface area contributed by atoms with Crippen molar-refractivity contribution >= 4 is 40.0 Å². The van der Waals surface area contributed by atoms with Gasteiger partial charge in [-0.25, -0.2) is 15.0 Å². The van der Waals surface area contributed by atoms with Gasteiger partial charge >= 0.3 is 0 Å².